The van der Waals surface area contributed by atoms with Crippen molar-refractivity contribution < 1.29 is 23.7 Å². The molecule has 2 aromatic carbocycles. The molecule has 0 aliphatic carbocycles. The van der Waals surface area contributed by atoms with Crippen LogP contribution in [-0.4, -0.2) is 39.4 Å². The number of rotatable bonds is 9. The van der Waals surface area contributed by atoms with Crippen LogP contribution < -0.4 is 24.3 Å². The second kappa shape index (κ2) is 9.42. The molecule has 134 valence electrons. The molecule has 1 amide bonds. The average molecular weight is 345 g/mol. The maximum atomic E-state index is 12.0. The fraction of sp³-hybridized carbons (Fsp3) is 0.316. The van der Waals surface area contributed by atoms with Gasteiger partial charge in [-0.15, -0.1) is 0 Å². The number of amides is 1. The molecule has 0 bridgehead atoms. The Morgan fingerprint density at radius 1 is 0.920 bits per heavy atom. The zero-order valence-electron chi connectivity index (χ0n) is 14.7. The van der Waals surface area contributed by atoms with Crippen molar-refractivity contribution in [2.24, 2.45) is 0 Å². The van der Waals surface area contributed by atoms with E-state index in [-0.39, 0.29) is 18.6 Å². The summed E-state index contributed by atoms with van der Waals surface area (Å²) in [7, 11) is 3.17. The molecule has 0 spiro atoms. The van der Waals surface area contributed by atoms with Gasteiger partial charge in [-0.05, 0) is 43.3 Å². The maximum absolute atomic E-state index is 12.0. The third-order valence-corrected chi connectivity index (χ3v) is 3.39. The number of methoxy groups -OCH3 is 2. The summed E-state index contributed by atoms with van der Waals surface area (Å²) >= 11 is 0. The number of hydrogen-bond donors (Lipinski definition) is 1. The Hall–Kier alpha value is -2.89. The van der Waals surface area contributed by atoms with E-state index in [0.717, 1.165) is 5.75 Å². The van der Waals surface area contributed by atoms with Gasteiger partial charge >= 0.3 is 0 Å². The molecule has 1 atom stereocenters. The van der Waals surface area contributed by atoms with Crippen molar-refractivity contribution in [3.8, 4) is 23.0 Å². The molecule has 0 heterocycles. The Balaban J connectivity index is 1.73. The SMILES string of the molecule is COc1ccc(OCC(C)NC(=O)COc2ccccc2OC)cc1. The van der Waals surface area contributed by atoms with E-state index in [9.17, 15) is 4.79 Å². The van der Waals surface area contributed by atoms with Crippen LogP contribution in [0.3, 0.4) is 0 Å². The van der Waals surface area contributed by atoms with E-state index in [0.29, 0.717) is 23.9 Å². The molecule has 1 N–H and O–H groups in total. The highest BCUT2D eigenvalue weighted by Crippen LogP contribution is 2.25. The quantitative estimate of drug-likeness (QED) is 0.757. The van der Waals surface area contributed by atoms with E-state index in [1.165, 1.54) is 0 Å². The third-order valence-electron chi connectivity index (χ3n) is 3.39. The van der Waals surface area contributed by atoms with Crippen molar-refractivity contribution in [3.05, 3.63) is 48.5 Å². The lowest BCUT2D eigenvalue weighted by molar-refractivity contribution is -0.123. The number of carbonyl (C=O) groups is 1. The lowest BCUT2D eigenvalue weighted by Crippen LogP contribution is -2.39. The van der Waals surface area contributed by atoms with E-state index >= 15 is 0 Å². The van der Waals surface area contributed by atoms with Crippen LogP contribution in [-0.2, 0) is 4.79 Å². The molecule has 1 unspecified atom stereocenters. The minimum Gasteiger partial charge on any atom is -0.497 e. The van der Waals surface area contributed by atoms with Gasteiger partial charge in [0.15, 0.2) is 18.1 Å². The number of para-hydroxylation sites is 2. The Morgan fingerprint density at radius 2 is 1.56 bits per heavy atom. The molecule has 25 heavy (non-hydrogen) atoms. The molecule has 2 aromatic rings. The molecule has 6 heteroatoms. The van der Waals surface area contributed by atoms with E-state index in [1.54, 1.807) is 26.4 Å². The molecule has 6 nitrogen and oxygen atoms in total. The first kappa shape index (κ1) is 18.4. The topological polar surface area (TPSA) is 66.0 Å². The lowest BCUT2D eigenvalue weighted by atomic mass is 10.3. The Bertz CT molecular complexity index is 672. The molecule has 0 saturated carbocycles. The van der Waals surface area contributed by atoms with Crippen molar-refractivity contribution in [3.63, 3.8) is 0 Å². The minimum absolute atomic E-state index is 0.0900. The number of hydrogen-bond acceptors (Lipinski definition) is 5. The minimum atomic E-state index is -0.225. The van der Waals surface area contributed by atoms with E-state index < -0.39 is 0 Å². The van der Waals surface area contributed by atoms with Gasteiger partial charge in [0.25, 0.3) is 5.91 Å². The Morgan fingerprint density at radius 3 is 2.20 bits per heavy atom. The van der Waals surface area contributed by atoms with Gasteiger partial charge in [-0.25, -0.2) is 0 Å². The molecule has 0 aromatic heterocycles. The van der Waals surface area contributed by atoms with Crippen LogP contribution in [0.15, 0.2) is 48.5 Å². The smallest absolute Gasteiger partial charge is 0.258 e. The van der Waals surface area contributed by atoms with Crippen LogP contribution in [0.5, 0.6) is 23.0 Å². The molecule has 2 rings (SSSR count). The number of ether oxygens (including phenoxy) is 4. The third kappa shape index (κ3) is 5.91. The summed E-state index contributed by atoms with van der Waals surface area (Å²) in [5.41, 5.74) is 0. The molecule has 0 saturated heterocycles. The van der Waals surface area contributed by atoms with Crippen LogP contribution in [0.25, 0.3) is 0 Å². The summed E-state index contributed by atoms with van der Waals surface area (Å²) < 4.78 is 21.4. The second-order valence-electron chi connectivity index (χ2n) is 5.39. The van der Waals surface area contributed by atoms with Gasteiger partial charge < -0.3 is 24.3 Å². The monoisotopic (exact) mass is 345 g/mol. The summed E-state index contributed by atoms with van der Waals surface area (Å²) in [4.78, 5) is 12.0. The summed E-state index contributed by atoms with van der Waals surface area (Å²) in [5, 5.41) is 2.83. The van der Waals surface area contributed by atoms with Gasteiger partial charge in [-0.2, -0.15) is 0 Å². The predicted molar refractivity (Wildman–Crippen MR) is 94.6 cm³/mol. The van der Waals surface area contributed by atoms with Gasteiger partial charge in [0, 0.05) is 0 Å². The largest absolute Gasteiger partial charge is 0.497 e. The van der Waals surface area contributed by atoms with Crippen LogP contribution in [0.4, 0.5) is 0 Å². The van der Waals surface area contributed by atoms with Crippen LogP contribution in [0.2, 0.25) is 0 Å². The molecule has 0 radical (unpaired) electrons. The lowest BCUT2D eigenvalue weighted by Gasteiger charge is -2.16. The molecule has 0 aliphatic rings. The number of benzene rings is 2. The number of carbonyl (C=O) groups excluding carboxylic acids is 1. The maximum Gasteiger partial charge on any atom is 0.258 e. The molecule has 0 fully saturated rings. The zero-order valence-corrected chi connectivity index (χ0v) is 14.7. The van der Waals surface area contributed by atoms with Gasteiger partial charge in [-0.3, -0.25) is 4.79 Å². The first-order valence-corrected chi connectivity index (χ1v) is 7.94. The summed E-state index contributed by atoms with van der Waals surface area (Å²) in [6, 6.07) is 14.3. The first-order valence-electron chi connectivity index (χ1n) is 7.94. The van der Waals surface area contributed by atoms with Gasteiger partial charge in [0.2, 0.25) is 0 Å². The second-order valence-corrected chi connectivity index (χ2v) is 5.39. The van der Waals surface area contributed by atoms with Crippen LogP contribution in [0.1, 0.15) is 6.92 Å². The molecular formula is C19H23NO5. The van der Waals surface area contributed by atoms with Crippen LogP contribution >= 0.6 is 0 Å². The normalized spacial score (nSPS) is 11.3. The average Bonchev–Trinajstić information content (AvgIpc) is 2.65. The van der Waals surface area contributed by atoms with E-state index in [1.807, 2.05) is 43.3 Å². The zero-order chi connectivity index (χ0) is 18.1. The molecular weight excluding hydrogens is 322 g/mol. The van der Waals surface area contributed by atoms with Gasteiger partial charge in [0.1, 0.15) is 18.1 Å². The van der Waals surface area contributed by atoms with E-state index in [2.05, 4.69) is 5.32 Å². The van der Waals surface area contributed by atoms with Crippen molar-refractivity contribution in [2.45, 2.75) is 13.0 Å². The highest BCUT2D eigenvalue weighted by Gasteiger charge is 2.10. The van der Waals surface area contributed by atoms with Crippen molar-refractivity contribution in [1.29, 1.82) is 0 Å². The predicted octanol–water partition coefficient (Wildman–Crippen LogP) is 2.67. The number of nitrogens with one attached hydrogen (secondary N) is 1. The highest BCUT2D eigenvalue weighted by atomic mass is 16.5. The van der Waals surface area contributed by atoms with Gasteiger partial charge in [-0.1, -0.05) is 12.1 Å². The highest BCUT2D eigenvalue weighted by molar-refractivity contribution is 5.77. The van der Waals surface area contributed by atoms with Crippen LogP contribution in [0, 0.1) is 0 Å². The van der Waals surface area contributed by atoms with E-state index in [4.69, 9.17) is 18.9 Å². The summed E-state index contributed by atoms with van der Waals surface area (Å²) in [5.74, 6) is 2.37. The Kier molecular flexibility index (Phi) is 6.95. The standard InChI is InChI=1S/C19H23NO5/c1-14(12-24-16-10-8-15(22-2)9-11-16)20-19(21)13-25-18-7-5-4-6-17(18)23-3/h4-11,14H,12-13H2,1-3H3,(H,20,21). The van der Waals surface area contributed by atoms with Crippen molar-refractivity contribution >= 4 is 5.91 Å². The summed E-state index contributed by atoms with van der Waals surface area (Å²) in [6.07, 6.45) is 0. The van der Waals surface area contributed by atoms with Crippen molar-refractivity contribution in [1.82, 2.24) is 5.32 Å². The first-order chi connectivity index (χ1) is 12.1. The fourth-order valence-corrected chi connectivity index (χ4v) is 2.13. The van der Waals surface area contributed by atoms with Crippen molar-refractivity contribution in [2.75, 3.05) is 27.4 Å². The summed E-state index contributed by atoms with van der Waals surface area (Å²) in [6.45, 7) is 2.13. The van der Waals surface area contributed by atoms with Gasteiger partial charge in [0.05, 0.1) is 20.3 Å². The Labute approximate surface area is 147 Å². The molecule has 0 aliphatic heterocycles. The fourth-order valence-electron chi connectivity index (χ4n) is 2.13.